The summed E-state index contributed by atoms with van der Waals surface area (Å²) >= 11 is 0. The number of methoxy groups -OCH3 is 1. The molecule has 0 saturated carbocycles. The van der Waals surface area contributed by atoms with E-state index in [0.29, 0.717) is 11.4 Å². The fraction of sp³-hybridized carbons (Fsp3) is 0.300. The Kier molecular flexibility index (Phi) is 6.66. The topological polar surface area (TPSA) is 58.6 Å². The van der Waals surface area contributed by atoms with Crippen molar-refractivity contribution in [1.82, 2.24) is 0 Å². The van der Waals surface area contributed by atoms with Crippen molar-refractivity contribution in [3.8, 4) is 5.75 Å². The van der Waals surface area contributed by atoms with Crippen LogP contribution in [0.5, 0.6) is 5.75 Å². The van der Waals surface area contributed by atoms with E-state index in [-0.39, 0.29) is 24.6 Å². The summed E-state index contributed by atoms with van der Waals surface area (Å²) in [6.07, 6.45) is -4.46. The minimum absolute atomic E-state index is 0.0301. The number of anilines is 2. The number of aryl methyl sites for hydroxylation is 1. The highest BCUT2D eigenvalue weighted by molar-refractivity contribution is 5.95. The minimum Gasteiger partial charge on any atom is -0.495 e. The molecule has 2 aromatic rings. The molecule has 0 heterocycles. The van der Waals surface area contributed by atoms with Gasteiger partial charge in [0.25, 0.3) is 0 Å². The highest BCUT2D eigenvalue weighted by Crippen LogP contribution is 2.31. The largest absolute Gasteiger partial charge is 0.495 e. The number of nitrogens with zero attached hydrogens (tertiary/aromatic N) is 1. The van der Waals surface area contributed by atoms with Gasteiger partial charge in [0.2, 0.25) is 11.8 Å². The molecule has 0 fully saturated rings. The van der Waals surface area contributed by atoms with Gasteiger partial charge in [0.15, 0.2) is 0 Å². The fourth-order valence-electron chi connectivity index (χ4n) is 2.64. The Balaban J connectivity index is 2.05. The van der Waals surface area contributed by atoms with Crippen LogP contribution in [-0.2, 0) is 15.8 Å². The summed E-state index contributed by atoms with van der Waals surface area (Å²) in [5, 5.41) is 2.53. The third-order valence-corrected chi connectivity index (χ3v) is 4.06. The van der Waals surface area contributed by atoms with Crippen molar-refractivity contribution in [2.24, 2.45) is 0 Å². The van der Waals surface area contributed by atoms with Gasteiger partial charge >= 0.3 is 6.18 Å². The molecule has 0 unspecified atom stereocenters. The van der Waals surface area contributed by atoms with Crippen LogP contribution in [0.25, 0.3) is 0 Å². The lowest BCUT2D eigenvalue weighted by atomic mass is 10.1. The number of hydrogen-bond donors (Lipinski definition) is 1. The van der Waals surface area contributed by atoms with Gasteiger partial charge in [0.1, 0.15) is 5.75 Å². The van der Waals surface area contributed by atoms with E-state index in [4.69, 9.17) is 4.74 Å². The average molecular weight is 394 g/mol. The smallest absolute Gasteiger partial charge is 0.416 e. The van der Waals surface area contributed by atoms with Crippen LogP contribution in [0, 0.1) is 6.92 Å². The summed E-state index contributed by atoms with van der Waals surface area (Å²) < 4.78 is 43.0. The molecule has 8 heteroatoms. The maximum Gasteiger partial charge on any atom is 0.416 e. The molecule has 2 amide bonds. The van der Waals surface area contributed by atoms with Gasteiger partial charge in [0, 0.05) is 25.6 Å². The summed E-state index contributed by atoms with van der Waals surface area (Å²) in [6, 6.07) is 9.54. The number of halogens is 3. The Morgan fingerprint density at radius 3 is 2.29 bits per heavy atom. The van der Waals surface area contributed by atoms with E-state index in [1.165, 1.54) is 31.1 Å². The van der Waals surface area contributed by atoms with Crippen molar-refractivity contribution in [1.29, 1.82) is 0 Å². The molecule has 2 rings (SSSR count). The number of ether oxygens (including phenoxy) is 1. The number of alkyl halides is 3. The second-order valence-corrected chi connectivity index (χ2v) is 6.22. The lowest BCUT2D eigenvalue weighted by Gasteiger charge is -2.23. The van der Waals surface area contributed by atoms with Gasteiger partial charge in [-0.3, -0.25) is 9.59 Å². The Morgan fingerprint density at radius 1 is 1.11 bits per heavy atom. The molecule has 0 aliphatic rings. The van der Waals surface area contributed by atoms with Gasteiger partial charge in [-0.25, -0.2) is 0 Å². The third-order valence-electron chi connectivity index (χ3n) is 4.06. The molecule has 0 bridgehead atoms. The third kappa shape index (κ3) is 5.48. The Hall–Kier alpha value is -3.03. The first-order valence-corrected chi connectivity index (χ1v) is 8.51. The minimum atomic E-state index is -4.43. The summed E-state index contributed by atoms with van der Waals surface area (Å²) in [4.78, 5) is 25.7. The van der Waals surface area contributed by atoms with E-state index in [9.17, 15) is 22.8 Å². The predicted octanol–water partition coefficient (Wildman–Crippen LogP) is 4.40. The van der Waals surface area contributed by atoms with Crippen LogP contribution >= 0.6 is 0 Å². The SMILES string of the molecule is COc1ccc(C)cc1N(CCC(=O)Nc1ccc(C(F)(F)F)cc1)C(C)=O. The Bertz CT molecular complexity index is 849. The lowest BCUT2D eigenvalue weighted by molar-refractivity contribution is -0.137. The number of benzene rings is 2. The molecule has 2 aromatic carbocycles. The van der Waals surface area contributed by atoms with Crippen molar-refractivity contribution in [2.75, 3.05) is 23.9 Å². The molecule has 0 spiro atoms. The van der Waals surface area contributed by atoms with E-state index in [1.807, 2.05) is 13.0 Å². The van der Waals surface area contributed by atoms with Gasteiger partial charge in [-0.05, 0) is 48.9 Å². The van der Waals surface area contributed by atoms with Crippen LogP contribution in [0.2, 0.25) is 0 Å². The summed E-state index contributed by atoms with van der Waals surface area (Å²) in [5.41, 5.74) is 0.939. The molecule has 1 N–H and O–H groups in total. The van der Waals surface area contributed by atoms with Crippen LogP contribution < -0.4 is 15.0 Å². The standard InChI is InChI=1S/C20H21F3N2O3/c1-13-4-9-18(28-3)17(12-13)25(14(2)26)11-10-19(27)24-16-7-5-15(6-8-16)20(21,22)23/h4-9,12H,10-11H2,1-3H3,(H,24,27). The van der Waals surface area contributed by atoms with Crippen molar-refractivity contribution in [3.63, 3.8) is 0 Å². The molecule has 28 heavy (non-hydrogen) atoms. The number of carbonyl (C=O) groups is 2. The van der Waals surface area contributed by atoms with E-state index >= 15 is 0 Å². The van der Waals surface area contributed by atoms with E-state index in [0.717, 1.165) is 17.7 Å². The number of carbonyl (C=O) groups excluding carboxylic acids is 2. The lowest BCUT2D eigenvalue weighted by Crippen LogP contribution is -2.32. The van der Waals surface area contributed by atoms with Gasteiger partial charge in [-0.2, -0.15) is 13.2 Å². The summed E-state index contributed by atoms with van der Waals surface area (Å²) in [6.45, 7) is 3.36. The maximum atomic E-state index is 12.6. The zero-order valence-electron chi connectivity index (χ0n) is 15.8. The highest BCUT2D eigenvalue weighted by atomic mass is 19.4. The fourth-order valence-corrected chi connectivity index (χ4v) is 2.64. The zero-order valence-corrected chi connectivity index (χ0v) is 15.8. The molecular formula is C20H21F3N2O3. The van der Waals surface area contributed by atoms with Crippen molar-refractivity contribution >= 4 is 23.2 Å². The number of rotatable bonds is 6. The molecule has 0 radical (unpaired) electrons. The molecule has 0 aromatic heterocycles. The number of hydrogen-bond acceptors (Lipinski definition) is 3. The highest BCUT2D eigenvalue weighted by Gasteiger charge is 2.30. The van der Waals surface area contributed by atoms with Crippen LogP contribution in [0.1, 0.15) is 24.5 Å². The number of amides is 2. The normalized spacial score (nSPS) is 11.1. The van der Waals surface area contributed by atoms with Crippen LogP contribution in [0.3, 0.4) is 0 Å². The van der Waals surface area contributed by atoms with E-state index in [1.54, 1.807) is 12.1 Å². The second kappa shape index (κ2) is 8.77. The van der Waals surface area contributed by atoms with Crippen LogP contribution in [-0.4, -0.2) is 25.5 Å². The van der Waals surface area contributed by atoms with Gasteiger partial charge in [-0.15, -0.1) is 0 Å². The molecule has 0 aliphatic carbocycles. The first-order valence-electron chi connectivity index (χ1n) is 8.51. The predicted molar refractivity (Wildman–Crippen MR) is 100 cm³/mol. The quantitative estimate of drug-likeness (QED) is 0.790. The van der Waals surface area contributed by atoms with Gasteiger partial charge < -0.3 is 15.0 Å². The first kappa shape index (κ1) is 21.3. The van der Waals surface area contributed by atoms with E-state index in [2.05, 4.69) is 5.32 Å². The van der Waals surface area contributed by atoms with Crippen LogP contribution in [0.4, 0.5) is 24.5 Å². The second-order valence-electron chi connectivity index (χ2n) is 6.22. The van der Waals surface area contributed by atoms with Gasteiger partial charge in [0.05, 0.1) is 18.4 Å². The molecule has 150 valence electrons. The van der Waals surface area contributed by atoms with Crippen molar-refractivity contribution in [2.45, 2.75) is 26.4 Å². The summed E-state index contributed by atoms with van der Waals surface area (Å²) in [7, 11) is 1.49. The van der Waals surface area contributed by atoms with Crippen LogP contribution in [0.15, 0.2) is 42.5 Å². The Labute approximate surface area is 161 Å². The van der Waals surface area contributed by atoms with Crippen molar-refractivity contribution < 1.29 is 27.5 Å². The molecule has 0 saturated heterocycles. The van der Waals surface area contributed by atoms with E-state index < -0.39 is 17.6 Å². The van der Waals surface area contributed by atoms with Gasteiger partial charge in [-0.1, -0.05) is 6.07 Å². The molecule has 0 atom stereocenters. The number of nitrogens with one attached hydrogen (secondary N) is 1. The summed E-state index contributed by atoms with van der Waals surface area (Å²) in [5.74, 6) is -0.173. The molecule has 5 nitrogen and oxygen atoms in total. The van der Waals surface area contributed by atoms with Crippen molar-refractivity contribution in [3.05, 3.63) is 53.6 Å². The maximum absolute atomic E-state index is 12.6. The molecule has 0 aliphatic heterocycles. The monoisotopic (exact) mass is 394 g/mol. The Morgan fingerprint density at radius 2 is 1.75 bits per heavy atom. The zero-order chi connectivity index (χ0) is 20.9. The molecular weight excluding hydrogens is 373 g/mol. The average Bonchev–Trinajstić information content (AvgIpc) is 2.61. The first-order chi connectivity index (χ1) is 13.1.